The highest BCUT2D eigenvalue weighted by Crippen LogP contribution is 2.31. The first-order valence-electron chi connectivity index (χ1n) is 7.10. The Labute approximate surface area is 131 Å². The SMILES string of the molecule is CN(C)c1nc(=O)c2ncn([C@@H]3O[C@H](CO)[C@@H](O)[C@H]3O)c2n1C. The summed E-state index contributed by atoms with van der Waals surface area (Å²) in [4.78, 5) is 21.8. The lowest BCUT2D eigenvalue weighted by molar-refractivity contribution is -0.0512. The molecule has 23 heavy (non-hydrogen) atoms. The summed E-state index contributed by atoms with van der Waals surface area (Å²) in [5.41, 5.74) is 0.0478. The monoisotopic (exact) mass is 325 g/mol. The lowest BCUT2D eigenvalue weighted by Gasteiger charge is -2.20. The highest BCUT2D eigenvalue weighted by atomic mass is 16.6. The summed E-state index contributed by atoms with van der Waals surface area (Å²) in [6.45, 7) is -0.426. The molecule has 4 atom stereocenters. The zero-order valence-electron chi connectivity index (χ0n) is 13.0. The van der Waals surface area contributed by atoms with E-state index in [1.54, 1.807) is 30.6 Å². The molecular weight excluding hydrogens is 306 g/mol. The molecule has 126 valence electrons. The number of anilines is 1. The van der Waals surface area contributed by atoms with Gasteiger partial charge in [-0.1, -0.05) is 0 Å². The molecule has 0 radical (unpaired) electrons. The fourth-order valence-electron chi connectivity index (χ4n) is 2.85. The first-order chi connectivity index (χ1) is 10.9. The predicted octanol–water partition coefficient (Wildman–Crippen LogP) is -2.19. The quantitative estimate of drug-likeness (QED) is 0.581. The zero-order valence-corrected chi connectivity index (χ0v) is 13.0. The van der Waals surface area contributed by atoms with Gasteiger partial charge >= 0.3 is 5.56 Å². The molecule has 0 spiro atoms. The van der Waals surface area contributed by atoms with Crippen molar-refractivity contribution in [2.24, 2.45) is 7.05 Å². The summed E-state index contributed by atoms with van der Waals surface area (Å²) in [6.07, 6.45) is -2.99. The minimum Gasteiger partial charge on any atom is -0.394 e. The number of aliphatic hydroxyl groups excluding tert-OH is 3. The van der Waals surface area contributed by atoms with Gasteiger partial charge in [-0.05, 0) is 0 Å². The van der Waals surface area contributed by atoms with Crippen LogP contribution < -0.4 is 10.5 Å². The second-order valence-electron chi connectivity index (χ2n) is 5.72. The van der Waals surface area contributed by atoms with Gasteiger partial charge in [-0.25, -0.2) is 4.98 Å². The first kappa shape index (κ1) is 15.9. The number of rotatable bonds is 3. The zero-order chi connectivity index (χ0) is 16.9. The van der Waals surface area contributed by atoms with Gasteiger partial charge in [0.2, 0.25) is 5.95 Å². The second kappa shape index (κ2) is 5.57. The van der Waals surface area contributed by atoms with Crippen molar-refractivity contribution in [3.63, 3.8) is 0 Å². The minimum absolute atomic E-state index is 0.135. The van der Waals surface area contributed by atoms with Gasteiger partial charge in [0.15, 0.2) is 17.4 Å². The van der Waals surface area contributed by atoms with Crippen LogP contribution in [-0.2, 0) is 11.8 Å². The maximum absolute atomic E-state index is 12.1. The predicted molar refractivity (Wildman–Crippen MR) is 80.1 cm³/mol. The molecule has 1 fully saturated rings. The number of aryl methyl sites for hydroxylation is 1. The van der Waals surface area contributed by atoms with E-state index in [4.69, 9.17) is 4.74 Å². The fraction of sp³-hybridized carbons (Fsp3) is 0.615. The van der Waals surface area contributed by atoms with Gasteiger partial charge in [-0.15, -0.1) is 0 Å². The third-order valence-electron chi connectivity index (χ3n) is 3.98. The molecule has 1 aliphatic rings. The number of aliphatic hydroxyl groups is 3. The van der Waals surface area contributed by atoms with Gasteiger partial charge in [0.1, 0.15) is 18.3 Å². The summed E-state index contributed by atoms with van der Waals surface area (Å²) in [6, 6.07) is 0. The Balaban J connectivity index is 2.18. The minimum atomic E-state index is -1.25. The molecule has 0 unspecified atom stereocenters. The molecule has 2 aromatic rings. The van der Waals surface area contributed by atoms with E-state index in [2.05, 4.69) is 9.97 Å². The fourth-order valence-corrected chi connectivity index (χ4v) is 2.85. The average Bonchev–Trinajstić information content (AvgIpc) is 3.06. The van der Waals surface area contributed by atoms with Crippen molar-refractivity contribution in [3.8, 4) is 0 Å². The highest BCUT2D eigenvalue weighted by molar-refractivity contribution is 5.72. The number of ether oxygens (including phenoxy) is 1. The molecule has 0 saturated carbocycles. The van der Waals surface area contributed by atoms with Crippen molar-refractivity contribution in [1.29, 1.82) is 0 Å². The van der Waals surface area contributed by atoms with Gasteiger partial charge in [0.05, 0.1) is 12.9 Å². The molecule has 0 aromatic carbocycles. The van der Waals surface area contributed by atoms with E-state index >= 15 is 0 Å². The maximum Gasteiger partial charge on any atom is 0.302 e. The van der Waals surface area contributed by atoms with Crippen LogP contribution in [0.1, 0.15) is 6.23 Å². The van der Waals surface area contributed by atoms with Crippen LogP contribution in [-0.4, -0.2) is 73.4 Å². The van der Waals surface area contributed by atoms with Gasteiger partial charge in [-0.2, -0.15) is 4.98 Å². The summed E-state index contributed by atoms with van der Waals surface area (Å²) in [7, 11) is 5.21. The van der Waals surface area contributed by atoms with Crippen molar-refractivity contribution in [2.75, 3.05) is 25.6 Å². The molecule has 1 aliphatic heterocycles. The molecule has 1 saturated heterocycles. The molecular formula is C13H19N5O5. The molecule has 2 aromatic heterocycles. The van der Waals surface area contributed by atoms with Crippen molar-refractivity contribution in [2.45, 2.75) is 24.5 Å². The molecule has 10 nitrogen and oxygen atoms in total. The van der Waals surface area contributed by atoms with E-state index < -0.39 is 36.7 Å². The Hall–Kier alpha value is -2.01. The third-order valence-corrected chi connectivity index (χ3v) is 3.98. The summed E-state index contributed by atoms with van der Waals surface area (Å²) < 4.78 is 8.62. The van der Waals surface area contributed by atoms with Gasteiger partial charge in [-0.3, -0.25) is 13.9 Å². The maximum atomic E-state index is 12.1. The number of hydrogen-bond donors (Lipinski definition) is 3. The van der Waals surface area contributed by atoms with Crippen LogP contribution in [0.4, 0.5) is 5.95 Å². The van der Waals surface area contributed by atoms with E-state index in [9.17, 15) is 20.1 Å². The number of aromatic nitrogens is 4. The van der Waals surface area contributed by atoms with Crippen molar-refractivity contribution in [1.82, 2.24) is 19.1 Å². The smallest absolute Gasteiger partial charge is 0.302 e. The standard InChI is InChI=1S/C13H19N5O5/c1-16(2)13-15-10(22)7-11(17(13)3)18(5-14-7)12-9(21)8(20)6(4-19)23-12/h5-6,8-9,12,19-21H,4H2,1-3H3/t6-,8-,9-,12-/m1/s1. The largest absolute Gasteiger partial charge is 0.394 e. The Morgan fingerprint density at radius 3 is 2.61 bits per heavy atom. The average molecular weight is 325 g/mol. The number of fused-ring (bicyclic) bond motifs is 1. The van der Waals surface area contributed by atoms with E-state index in [0.29, 0.717) is 11.6 Å². The first-order valence-corrected chi connectivity index (χ1v) is 7.10. The Morgan fingerprint density at radius 1 is 1.35 bits per heavy atom. The van der Waals surface area contributed by atoms with Crippen molar-refractivity contribution < 1.29 is 20.1 Å². The van der Waals surface area contributed by atoms with Crippen LogP contribution in [0.25, 0.3) is 11.2 Å². The Bertz CT molecular complexity index is 785. The number of nitrogens with zero attached hydrogens (tertiary/aromatic N) is 5. The molecule has 3 N–H and O–H groups in total. The summed E-state index contributed by atoms with van der Waals surface area (Å²) >= 11 is 0. The van der Waals surface area contributed by atoms with Crippen LogP contribution in [0.15, 0.2) is 11.1 Å². The third kappa shape index (κ3) is 2.30. The molecule has 0 aliphatic carbocycles. The van der Waals surface area contributed by atoms with E-state index in [1.807, 2.05) is 0 Å². The van der Waals surface area contributed by atoms with E-state index in [1.165, 1.54) is 10.9 Å². The lowest BCUT2D eigenvalue weighted by Crippen LogP contribution is -2.33. The van der Waals surface area contributed by atoms with Crippen LogP contribution in [0.2, 0.25) is 0 Å². The molecule has 3 rings (SSSR count). The van der Waals surface area contributed by atoms with Crippen molar-refractivity contribution in [3.05, 3.63) is 16.7 Å². The Kier molecular flexibility index (Phi) is 3.84. The van der Waals surface area contributed by atoms with Gasteiger partial charge < -0.3 is 25.0 Å². The lowest BCUT2D eigenvalue weighted by atomic mass is 10.1. The Morgan fingerprint density at radius 2 is 2.04 bits per heavy atom. The number of imidazole rings is 1. The molecule has 10 heteroatoms. The molecule has 0 bridgehead atoms. The topological polar surface area (TPSA) is 126 Å². The summed E-state index contributed by atoms with van der Waals surface area (Å²) in [5.74, 6) is 0.413. The van der Waals surface area contributed by atoms with Crippen LogP contribution in [0.5, 0.6) is 0 Å². The number of hydrogen-bond acceptors (Lipinski definition) is 8. The second-order valence-corrected chi connectivity index (χ2v) is 5.72. The van der Waals surface area contributed by atoms with Crippen molar-refractivity contribution >= 4 is 17.1 Å². The van der Waals surface area contributed by atoms with E-state index in [-0.39, 0.29) is 5.52 Å². The van der Waals surface area contributed by atoms with Crippen LogP contribution in [0.3, 0.4) is 0 Å². The normalized spacial score (nSPS) is 27.7. The molecule has 3 heterocycles. The highest BCUT2D eigenvalue weighted by Gasteiger charge is 2.44. The summed E-state index contributed by atoms with van der Waals surface area (Å²) in [5, 5.41) is 29.3. The van der Waals surface area contributed by atoms with Gasteiger partial charge in [0, 0.05) is 21.1 Å². The van der Waals surface area contributed by atoms with Crippen LogP contribution >= 0.6 is 0 Å². The van der Waals surface area contributed by atoms with Gasteiger partial charge in [0.25, 0.3) is 0 Å². The van der Waals surface area contributed by atoms with E-state index in [0.717, 1.165) is 0 Å². The van der Waals surface area contributed by atoms with Crippen LogP contribution in [0, 0.1) is 0 Å². The molecule has 0 amide bonds.